The van der Waals surface area contributed by atoms with Crippen molar-refractivity contribution in [1.82, 2.24) is 9.88 Å². The van der Waals surface area contributed by atoms with Crippen LogP contribution in [0.3, 0.4) is 0 Å². The van der Waals surface area contributed by atoms with Gasteiger partial charge in [-0.15, -0.1) is 0 Å². The largest absolute Gasteiger partial charge is 0.322 e. The zero-order valence-corrected chi connectivity index (χ0v) is 15.4. The number of nitrogens with one attached hydrogen (secondary N) is 1. The summed E-state index contributed by atoms with van der Waals surface area (Å²) in [5, 5.41) is 3.05. The second-order valence-corrected chi connectivity index (χ2v) is 6.96. The lowest BCUT2D eigenvalue weighted by Crippen LogP contribution is -2.43. The Morgan fingerprint density at radius 2 is 1.89 bits per heavy atom. The van der Waals surface area contributed by atoms with E-state index in [2.05, 4.69) is 46.7 Å². The predicted molar refractivity (Wildman–Crippen MR) is 108 cm³/mol. The molecule has 4 heteroatoms. The Morgan fingerprint density at radius 3 is 2.70 bits per heavy atom. The first-order valence-electron chi connectivity index (χ1n) is 9.33. The molecule has 0 unspecified atom stereocenters. The van der Waals surface area contributed by atoms with Gasteiger partial charge in [0.15, 0.2) is 0 Å². The number of aromatic nitrogens is 1. The summed E-state index contributed by atoms with van der Waals surface area (Å²) < 4.78 is 0. The van der Waals surface area contributed by atoms with Crippen LogP contribution in [0.4, 0.5) is 10.5 Å². The third kappa shape index (κ3) is 3.85. The van der Waals surface area contributed by atoms with Crippen molar-refractivity contribution in [2.75, 3.05) is 11.9 Å². The molecule has 0 aliphatic carbocycles. The maximum absolute atomic E-state index is 13.1. The minimum absolute atomic E-state index is 0.0280. The van der Waals surface area contributed by atoms with E-state index in [0.29, 0.717) is 6.54 Å². The van der Waals surface area contributed by atoms with Crippen LogP contribution in [0.15, 0.2) is 72.9 Å². The lowest BCUT2D eigenvalue weighted by atomic mass is 9.89. The SMILES string of the molecule is Cc1cc(NC(=O)N2CCc3ccccc3[C@@H]2Cc2ccccc2)ccn1. The van der Waals surface area contributed by atoms with E-state index >= 15 is 0 Å². The summed E-state index contributed by atoms with van der Waals surface area (Å²) in [6, 6.07) is 22.5. The van der Waals surface area contributed by atoms with Crippen molar-refractivity contribution in [3.8, 4) is 0 Å². The number of aryl methyl sites for hydroxylation is 1. The molecule has 1 N–H and O–H groups in total. The number of nitrogens with zero attached hydrogens (tertiary/aromatic N) is 2. The topological polar surface area (TPSA) is 45.2 Å². The number of hydrogen-bond donors (Lipinski definition) is 1. The van der Waals surface area contributed by atoms with Crippen molar-refractivity contribution in [3.05, 3.63) is 95.3 Å². The zero-order valence-electron chi connectivity index (χ0n) is 15.4. The molecule has 136 valence electrons. The van der Waals surface area contributed by atoms with E-state index in [1.54, 1.807) is 6.20 Å². The van der Waals surface area contributed by atoms with Crippen molar-refractivity contribution in [2.45, 2.75) is 25.8 Å². The maximum atomic E-state index is 13.1. The number of hydrogen-bond acceptors (Lipinski definition) is 2. The van der Waals surface area contributed by atoms with Crippen molar-refractivity contribution < 1.29 is 4.79 Å². The molecule has 1 aliphatic heterocycles. The third-order valence-electron chi connectivity index (χ3n) is 5.09. The van der Waals surface area contributed by atoms with E-state index in [9.17, 15) is 4.79 Å². The molecule has 0 bridgehead atoms. The summed E-state index contributed by atoms with van der Waals surface area (Å²) in [6.45, 7) is 2.63. The molecule has 27 heavy (non-hydrogen) atoms. The van der Waals surface area contributed by atoms with E-state index in [0.717, 1.165) is 24.2 Å². The van der Waals surface area contributed by atoms with Gasteiger partial charge in [0.1, 0.15) is 0 Å². The van der Waals surface area contributed by atoms with Gasteiger partial charge in [0.25, 0.3) is 0 Å². The average Bonchev–Trinajstić information content (AvgIpc) is 2.69. The van der Waals surface area contributed by atoms with Gasteiger partial charge in [-0.3, -0.25) is 4.98 Å². The Hall–Kier alpha value is -3.14. The second-order valence-electron chi connectivity index (χ2n) is 6.96. The van der Waals surface area contributed by atoms with Gasteiger partial charge in [0, 0.05) is 24.1 Å². The molecule has 1 atom stereocenters. The van der Waals surface area contributed by atoms with Gasteiger partial charge >= 0.3 is 6.03 Å². The molecule has 0 saturated carbocycles. The lowest BCUT2D eigenvalue weighted by molar-refractivity contribution is 0.182. The third-order valence-corrected chi connectivity index (χ3v) is 5.09. The van der Waals surface area contributed by atoms with Crippen molar-refractivity contribution in [3.63, 3.8) is 0 Å². The van der Waals surface area contributed by atoms with Gasteiger partial charge in [0.05, 0.1) is 6.04 Å². The number of pyridine rings is 1. The van der Waals surface area contributed by atoms with Crippen LogP contribution in [0.2, 0.25) is 0 Å². The van der Waals surface area contributed by atoms with Crippen molar-refractivity contribution in [1.29, 1.82) is 0 Å². The molecule has 0 saturated heterocycles. The van der Waals surface area contributed by atoms with Crippen LogP contribution in [0.5, 0.6) is 0 Å². The van der Waals surface area contributed by atoms with Crippen LogP contribution in [-0.4, -0.2) is 22.5 Å². The fourth-order valence-corrected chi connectivity index (χ4v) is 3.77. The molecule has 1 aromatic heterocycles. The number of anilines is 1. The van der Waals surface area contributed by atoms with Crippen LogP contribution in [0.1, 0.15) is 28.4 Å². The monoisotopic (exact) mass is 357 g/mol. The number of urea groups is 1. The first-order valence-corrected chi connectivity index (χ1v) is 9.33. The van der Waals surface area contributed by atoms with Crippen LogP contribution >= 0.6 is 0 Å². The summed E-state index contributed by atoms with van der Waals surface area (Å²) in [7, 11) is 0. The Bertz CT molecular complexity index is 939. The molecule has 0 fully saturated rings. The van der Waals surface area contributed by atoms with E-state index in [1.807, 2.05) is 42.2 Å². The van der Waals surface area contributed by atoms with Gasteiger partial charge < -0.3 is 10.2 Å². The van der Waals surface area contributed by atoms with Gasteiger partial charge in [-0.05, 0) is 48.6 Å². The second kappa shape index (κ2) is 7.62. The minimum atomic E-state index is -0.0592. The number of rotatable bonds is 3. The molecular weight excluding hydrogens is 334 g/mol. The fourth-order valence-electron chi connectivity index (χ4n) is 3.77. The number of carbonyl (C=O) groups excluding carboxylic acids is 1. The molecule has 4 nitrogen and oxygen atoms in total. The summed E-state index contributed by atoms with van der Waals surface area (Å²) in [5.74, 6) is 0. The Balaban J connectivity index is 1.62. The average molecular weight is 357 g/mol. The number of carbonyl (C=O) groups is 1. The van der Waals surface area contributed by atoms with E-state index in [-0.39, 0.29) is 12.1 Å². The van der Waals surface area contributed by atoms with Gasteiger partial charge in [-0.2, -0.15) is 0 Å². The minimum Gasteiger partial charge on any atom is -0.317 e. The van der Waals surface area contributed by atoms with E-state index in [4.69, 9.17) is 0 Å². The first-order chi connectivity index (χ1) is 13.2. The highest BCUT2D eigenvalue weighted by atomic mass is 16.2. The summed E-state index contributed by atoms with van der Waals surface area (Å²) in [4.78, 5) is 19.2. The molecule has 0 radical (unpaired) electrons. The number of amides is 2. The first kappa shape index (κ1) is 17.3. The van der Waals surface area contributed by atoms with E-state index < -0.39 is 0 Å². The predicted octanol–water partition coefficient (Wildman–Crippen LogP) is 4.76. The summed E-state index contributed by atoms with van der Waals surface area (Å²) in [6.07, 6.45) is 3.41. The molecule has 1 aliphatic rings. The van der Waals surface area contributed by atoms with Gasteiger partial charge in [-0.25, -0.2) is 4.79 Å². The van der Waals surface area contributed by atoms with Gasteiger partial charge in [-0.1, -0.05) is 54.6 Å². The van der Waals surface area contributed by atoms with Gasteiger partial charge in [0.2, 0.25) is 0 Å². The van der Waals surface area contributed by atoms with Crippen LogP contribution in [-0.2, 0) is 12.8 Å². The quantitative estimate of drug-likeness (QED) is 0.734. The molecule has 3 aromatic rings. The Morgan fingerprint density at radius 1 is 1.11 bits per heavy atom. The molecule has 2 aromatic carbocycles. The summed E-state index contributed by atoms with van der Waals surface area (Å²) >= 11 is 0. The standard InChI is InChI=1S/C23H23N3O/c1-17-15-20(11-13-24-17)25-23(27)26-14-12-19-9-5-6-10-21(19)22(26)16-18-7-3-2-4-8-18/h2-11,13,15,22H,12,14,16H2,1H3,(H,24,25,27)/t22-/m0/s1. The zero-order chi connectivity index (χ0) is 18.6. The van der Waals surface area contributed by atoms with Crippen LogP contribution in [0, 0.1) is 6.92 Å². The highest BCUT2D eigenvalue weighted by Crippen LogP contribution is 2.33. The molecule has 0 spiro atoms. The highest BCUT2D eigenvalue weighted by Gasteiger charge is 2.30. The molecule has 2 heterocycles. The molecule has 2 amide bonds. The number of fused-ring (bicyclic) bond motifs is 1. The summed E-state index contributed by atoms with van der Waals surface area (Å²) in [5.41, 5.74) is 5.48. The normalized spacial score (nSPS) is 15.9. The fraction of sp³-hybridized carbons (Fsp3) is 0.217. The number of benzene rings is 2. The van der Waals surface area contributed by atoms with E-state index in [1.165, 1.54) is 16.7 Å². The van der Waals surface area contributed by atoms with Crippen molar-refractivity contribution in [2.24, 2.45) is 0 Å². The maximum Gasteiger partial charge on any atom is 0.322 e. The molecule has 4 rings (SSSR count). The highest BCUT2D eigenvalue weighted by molar-refractivity contribution is 5.89. The Kier molecular flexibility index (Phi) is 4.88. The lowest BCUT2D eigenvalue weighted by Gasteiger charge is -2.37. The van der Waals surface area contributed by atoms with Crippen molar-refractivity contribution >= 4 is 11.7 Å². The molecular formula is C23H23N3O. The smallest absolute Gasteiger partial charge is 0.317 e. The van der Waals surface area contributed by atoms with Crippen LogP contribution in [0.25, 0.3) is 0 Å². The van der Waals surface area contributed by atoms with Crippen LogP contribution < -0.4 is 5.32 Å². The Labute approximate surface area is 159 Å².